The topological polar surface area (TPSA) is 91.5 Å². The maximum atomic E-state index is 13.4. The minimum atomic E-state index is -2.68. The number of carbonyl (C=O) groups excluding carboxylic acids is 1. The summed E-state index contributed by atoms with van der Waals surface area (Å²) in [7, 11) is 1.59. The van der Waals surface area contributed by atoms with Crippen LogP contribution < -0.4 is 10.2 Å². The smallest absolute Gasteiger partial charge is 0.282 e. The number of anilines is 2. The third-order valence-corrected chi connectivity index (χ3v) is 4.49. The summed E-state index contributed by atoms with van der Waals surface area (Å²) < 4.78 is 98.4. The number of aromatic nitrogens is 5. The molecule has 3 aromatic rings. The molecule has 17 heteroatoms. The van der Waals surface area contributed by atoms with Gasteiger partial charge in [0, 0.05) is 18.9 Å². The summed E-state index contributed by atoms with van der Waals surface area (Å²) in [6.45, 7) is 2.06. The van der Waals surface area contributed by atoms with Gasteiger partial charge in [-0.15, -0.1) is 19.2 Å². The van der Waals surface area contributed by atoms with Crippen LogP contribution in [0.15, 0.2) is 18.5 Å². The van der Waals surface area contributed by atoms with Crippen LogP contribution in [0.2, 0.25) is 0 Å². The summed E-state index contributed by atoms with van der Waals surface area (Å²) in [5.74, 6) is -2.61. The number of fused-ring (bicyclic) bond motifs is 3. The molecule has 0 fully saturated rings. The highest BCUT2D eigenvalue weighted by molar-refractivity contribution is 5.70. The van der Waals surface area contributed by atoms with Gasteiger partial charge in [0.05, 0.1) is 29.5 Å². The average Bonchev–Trinajstić information content (AvgIpc) is 3.22. The highest BCUT2D eigenvalue weighted by Crippen LogP contribution is 2.42. The maximum absolute atomic E-state index is 13.4. The Morgan fingerprint density at radius 3 is 2.37 bits per heavy atom. The number of hydrogen-bond donors (Lipinski definition) is 1. The fraction of sp³-hybridized carbons (Fsp3) is 0.389. The molecule has 35 heavy (non-hydrogen) atoms. The van der Waals surface area contributed by atoms with E-state index in [2.05, 4.69) is 25.6 Å². The quantitative estimate of drug-likeness (QED) is 0.320. The van der Waals surface area contributed by atoms with Gasteiger partial charge in [0.25, 0.3) is 12.4 Å². The molecular weight excluding hydrogens is 496 g/mol. The number of rotatable bonds is 4. The van der Waals surface area contributed by atoms with Crippen LogP contribution in [-0.4, -0.2) is 56.6 Å². The molecule has 0 spiro atoms. The zero-order valence-electron chi connectivity index (χ0n) is 18.2. The molecule has 1 aliphatic rings. The van der Waals surface area contributed by atoms with E-state index in [1.807, 2.05) is 0 Å². The fourth-order valence-corrected chi connectivity index (χ4v) is 3.10. The molecule has 1 atom stereocenters. The van der Waals surface area contributed by atoms with Gasteiger partial charge in [-0.1, -0.05) is 0 Å². The molecular formula is C18H18F8N8O. The van der Waals surface area contributed by atoms with Crippen molar-refractivity contribution >= 4 is 23.4 Å². The molecule has 1 amide bonds. The third-order valence-electron chi connectivity index (χ3n) is 4.49. The van der Waals surface area contributed by atoms with Gasteiger partial charge in [-0.25, -0.2) is 27.1 Å². The van der Waals surface area contributed by atoms with E-state index in [4.69, 9.17) is 0 Å². The van der Waals surface area contributed by atoms with Crippen molar-refractivity contribution in [2.75, 3.05) is 23.8 Å². The first-order valence-electron chi connectivity index (χ1n) is 9.48. The van der Waals surface area contributed by atoms with E-state index in [0.717, 1.165) is 17.5 Å². The van der Waals surface area contributed by atoms with Crippen molar-refractivity contribution in [3.8, 4) is 0 Å². The van der Waals surface area contributed by atoms with E-state index in [1.165, 1.54) is 24.2 Å². The number of alkyl halides is 4. The van der Waals surface area contributed by atoms with E-state index in [-0.39, 0.29) is 17.9 Å². The molecule has 192 valence electrons. The molecule has 0 aliphatic carbocycles. The Labute approximate surface area is 192 Å². The summed E-state index contributed by atoms with van der Waals surface area (Å²) in [6.07, 6.45) is -2.04. The minimum absolute atomic E-state index is 0.00722. The summed E-state index contributed by atoms with van der Waals surface area (Å²) in [5.41, 5.74) is -2.00. The predicted molar refractivity (Wildman–Crippen MR) is 106 cm³/mol. The zero-order chi connectivity index (χ0) is 26.5. The Balaban J connectivity index is 0.000000232. The average molecular weight is 514 g/mol. The molecule has 3 aromatic heterocycles. The number of nitrogens with zero attached hydrogens (tertiary/aromatic N) is 7. The van der Waals surface area contributed by atoms with Crippen molar-refractivity contribution in [3.05, 3.63) is 41.6 Å². The highest BCUT2D eigenvalue weighted by atomic mass is 19.4. The minimum Gasteiger partial charge on any atom is -0.369 e. The lowest BCUT2D eigenvalue weighted by molar-refractivity contribution is -0.227. The monoisotopic (exact) mass is 514 g/mol. The molecule has 9 nitrogen and oxygen atoms in total. The van der Waals surface area contributed by atoms with Crippen molar-refractivity contribution in [1.29, 1.82) is 0 Å². The van der Waals surface area contributed by atoms with Crippen LogP contribution in [-0.2, 0) is 10.3 Å². The number of nitrogens with one attached hydrogen (secondary N) is 1. The molecule has 0 aromatic carbocycles. The first kappa shape index (κ1) is 27.6. The summed E-state index contributed by atoms with van der Waals surface area (Å²) in [6, 6.07) is 1.06. The standard InChI is InChI=1S/C10H9F4N5.C6H5F2N3O.C2H4F2/c1-10(19(13)14)4-17(2)5-3-15-9-6(11)8(12)16-18(9)7(5)10;7-6(8)5-1-4(9-3-12)2-10-11-5;1-2(3)4/h3H,4H2,1-2H3;1-3,6H,(H,9,11,12);2H,1H3/t10-;;/m0../s1. The molecule has 0 bridgehead atoms. The second-order valence-electron chi connectivity index (χ2n) is 7.15. The fourth-order valence-electron chi connectivity index (χ4n) is 3.10. The van der Waals surface area contributed by atoms with Gasteiger partial charge in [-0.05, 0) is 19.9 Å². The number of amides is 1. The van der Waals surface area contributed by atoms with E-state index >= 15 is 0 Å². The molecule has 1 aliphatic heterocycles. The molecule has 0 unspecified atom stereocenters. The molecule has 0 radical (unpaired) electrons. The third kappa shape index (κ3) is 6.09. The van der Waals surface area contributed by atoms with Gasteiger partial charge in [-0.3, -0.25) is 4.79 Å². The molecule has 1 N–H and O–H groups in total. The Hall–Kier alpha value is -3.63. The molecule has 4 heterocycles. The van der Waals surface area contributed by atoms with Crippen LogP contribution in [0.1, 0.15) is 31.7 Å². The second kappa shape index (κ2) is 11.2. The second-order valence-corrected chi connectivity index (χ2v) is 7.15. The van der Waals surface area contributed by atoms with Crippen LogP contribution in [0, 0.1) is 11.8 Å². The van der Waals surface area contributed by atoms with Crippen LogP contribution in [0.3, 0.4) is 0 Å². The summed E-state index contributed by atoms with van der Waals surface area (Å²) >= 11 is 0. The van der Waals surface area contributed by atoms with Crippen molar-refractivity contribution in [2.45, 2.75) is 32.2 Å². The van der Waals surface area contributed by atoms with Gasteiger partial charge in [0.2, 0.25) is 18.7 Å². The normalized spacial score (nSPS) is 16.7. The first-order chi connectivity index (χ1) is 16.3. The van der Waals surface area contributed by atoms with Crippen LogP contribution >= 0.6 is 0 Å². The van der Waals surface area contributed by atoms with Gasteiger partial charge in [-0.2, -0.15) is 13.9 Å². The Bertz CT molecular complexity index is 1160. The van der Waals surface area contributed by atoms with Crippen LogP contribution in [0.5, 0.6) is 0 Å². The van der Waals surface area contributed by atoms with Crippen molar-refractivity contribution in [1.82, 2.24) is 30.1 Å². The van der Waals surface area contributed by atoms with E-state index in [1.54, 1.807) is 7.05 Å². The molecule has 0 saturated heterocycles. The zero-order valence-corrected chi connectivity index (χ0v) is 18.2. The van der Waals surface area contributed by atoms with Crippen LogP contribution in [0.25, 0.3) is 5.65 Å². The van der Waals surface area contributed by atoms with E-state index < -0.39 is 46.8 Å². The number of halogens is 8. The first-order valence-corrected chi connectivity index (χ1v) is 9.48. The van der Waals surface area contributed by atoms with Gasteiger partial charge < -0.3 is 10.2 Å². The van der Waals surface area contributed by atoms with E-state index in [0.29, 0.717) is 12.1 Å². The lowest BCUT2D eigenvalue weighted by Gasteiger charge is -2.24. The van der Waals surface area contributed by atoms with Crippen molar-refractivity contribution in [3.63, 3.8) is 0 Å². The van der Waals surface area contributed by atoms with Crippen molar-refractivity contribution in [2.24, 2.45) is 0 Å². The Morgan fingerprint density at radius 1 is 1.20 bits per heavy atom. The number of carbonyl (C=O) groups is 1. The largest absolute Gasteiger partial charge is 0.369 e. The Kier molecular flexibility index (Phi) is 8.83. The van der Waals surface area contributed by atoms with Gasteiger partial charge >= 0.3 is 0 Å². The summed E-state index contributed by atoms with van der Waals surface area (Å²) in [5, 5.41) is 11.0. The molecule has 0 saturated carbocycles. The molecule has 4 rings (SSSR count). The van der Waals surface area contributed by atoms with E-state index in [9.17, 15) is 40.1 Å². The van der Waals surface area contributed by atoms with Crippen LogP contribution in [0.4, 0.5) is 46.7 Å². The predicted octanol–water partition coefficient (Wildman–Crippen LogP) is 4.00. The lowest BCUT2D eigenvalue weighted by atomic mass is 10.0. The van der Waals surface area contributed by atoms with Crippen molar-refractivity contribution < 1.29 is 40.1 Å². The van der Waals surface area contributed by atoms with Gasteiger partial charge in [0.15, 0.2) is 5.65 Å². The SMILES string of the molecule is CC(F)F.CN1C[C@](C)(N(F)F)c2c1cnc1c(F)c(F)nn21.O=CNc1cnnc(C(F)F)c1. The lowest BCUT2D eigenvalue weighted by Crippen LogP contribution is -2.38. The number of likely N-dealkylation sites (N-methyl/N-ethyl adjacent to an activating group) is 1. The maximum Gasteiger partial charge on any atom is 0.282 e. The number of hydrogen-bond acceptors (Lipinski definition) is 7. The van der Waals surface area contributed by atoms with Gasteiger partial charge in [0.1, 0.15) is 11.2 Å². The Morgan fingerprint density at radius 2 is 1.83 bits per heavy atom. The summed E-state index contributed by atoms with van der Waals surface area (Å²) in [4.78, 5) is 15.2. The highest BCUT2D eigenvalue weighted by Gasteiger charge is 2.47.